The van der Waals surface area contributed by atoms with E-state index in [1.807, 2.05) is 34.6 Å². The number of urea groups is 1. The van der Waals surface area contributed by atoms with Gasteiger partial charge in [-0.3, -0.25) is 10.1 Å². The lowest BCUT2D eigenvalue weighted by Gasteiger charge is -2.18. The average Bonchev–Trinajstić information content (AvgIpc) is 2.70. The van der Waals surface area contributed by atoms with Crippen molar-refractivity contribution in [1.29, 1.82) is 0 Å². The quantitative estimate of drug-likeness (QED) is 0.715. The Labute approximate surface area is 132 Å². The van der Waals surface area contributed by atoms with E-state index in [4.69, 9.17) is 0 Å². The summed E-state index contributed by atoms with van der Waals surface area (Å²) in [5.41, 5.74) is -0.0895. The number of carbonyl (C=O) groups is 2. The van der Waals surface area contributed by atoms with Gasteiger partial charge in [0, 0.05) is 11.6 Å². The zero-order chi connectivity index (χ0) is 16.0. The molecule has 0 aliphatic heterocycles. The lowest BCUT2D eigenvalue weighted by atomic mass is 10.1. The van der Waals surface area contributed by atoms with Crippen molar-refractivity contribution < 1.29 is 9.59 Å². The van der Waals surface area contributed by atoms with Crippen LogP contribution >= 0.6 is 23.1 Å². The van der Waals surface area contributed by atoms with Crippen molar-refractivity contribution in [1.82, 2.24) is 20.8 Å². The zero-order valence-corrected chi connectivity index (χ0v) is 14.4. The lowest BCUT2D eigenvalue weighted by Crippen LogP contribution is -2.43. The number of hydrogen-bond donors (Lipinski definition) is 3. The molecule has 0 atom stereocenters. The van der Waals surface area contributed by atoms with Crippen LogP contribution in [-0.2, 0) is 4.79 Å². The van der Waals surface area contributed by atoms with E-state index in [2.05, 4.69) is 26.1 Å². The third-order valence-corrected chi connectivity index (χ3v) is 3.86. The van der Waals surface area contributed by atoms with Crippen molar-refractivity contribution in [3.8, 4) is 0 Å². The van der Waals surface area contributed by atoms with Gasteiger partial charge in [0.25, 0.3) is 0 Å². The number of amides is 3. The maximum atomic E-state index is 11.6. The second kappa shape index (κ2) is 7.60. The molecule has 1 aromatic heterocycles. The molecule has 1 heterocycles. The Hall–Kier alpha value is -1.35. The van der Waals surface area contributed by atoms with Crippen LogP contribution in [0.15, 0.2) is 4.34 Å². The van der Waals surface area contributed by atoms with Gasteiger partial charge in [0.2, 0.25) is 11.0 Å². The Morgan fingerprint density at radius 2 is 1.95 bits per heavy atom. The number of carbonyl (C=O) groups excluding carboxylic acids is 2. The van der Waals surface area contributed by atoms with E-state index in [0.717, 1.165) is 0 Å². The van der Waals surface area contributed by atoms with Gasteiger partial charge in [0.05, 0.1) is 5.75 Å². The summed E-state index contributed by atoms with van der Waals surface area (Å²) in [6.45, 7) is 9.74. The van der Waals surface area contributed by atoms with Crippen molar-refractivity contribution in [2.45, 2.75) is 50.5 Å². The van der Waals surface area contributed by atoms with E-state index in [1.165, 1.54) is 23.1 Å². The van der Waals surface area contributed by atoms with Crippen LogP contribution < -0.4 is 16.0 Å². The molecule has 0 fully saturated rings. The van der Waals surface area contributed by atoms with Gasteiger partial charge in [0.1, 0.15) is 0 Å². The maximum absolute atomic E-state index is 11.6. The van der Waals surface area contributed by atoms with Crippen LogP contribution in [0.5, 0.6) is 0 Å². The molecule has 0 saturated heterocycles. The molecule has 0 saturated carbocycles. The van der Waals surface area contributed by atoms with E-state index in [9.17, 15) is 9.59 Å². The smallest absolute Gasteiger partial charge is 0.321 e. The number of thioether (sulfide) groups is 1. The summed E-state index contributed by atoms with van der Waals surface area (Å²) in [6.07, 6.45) is 0. The fourth-order valence-electron chi connectivity index (χ4n) is 1.23. The maximum Gasteiger partial charge on any atom is 0.321 e. The van der Waals surface area contributed by atoms with Crippen LogP contribution in [0.2, 0.25) is 0 Å². The summed E-state index contributed by atoms with van der Waals surface area (Å²) in [5, 5.41) is 16.8. The molecular weight excluding hydrogens is 310 g/mol. The first-order valence-electron chi connectivity index (χ1n) is 6.50. The van der Waals surface area contributed by atoms with Crippen LogP contribution in [0.4, 0.5) is 9.93 Å². The Morgan fingerprint density at radius 1 is 1.29 bits per heavy atom. The first-order chi connectivity index (χ1) is 9.65. The van der Waals surface area contributed by atoms with Crippen molar-refractivity contribution in [2.24, 2.45) is 0 Å². The molecule has 0 radical (unpaired) electrons. The van der Waals surface area contributed by atoms with E-state index in [-0.39, 0.29) is 23.2 Å². The van der Waals surface area contributed by atoms with Crippen LogP contribution in [-0.4, -0.2) is 39.5 Å². The minimum absolute atomic E-state index is 0.0142. The normalized spacial score (nSPS) is 11.3. The highest BCUT2D eigenvalue weighted by molar-refractivity contribution is 8.01. The van der Waals surface area contributed by atoms with E-state index < -0.39 is 6.03 Å². The Bertz CT molecular complexity index is 496. The molecule has 3 amide bonds. The summed E-state index contributed by atoms with van der Waals surface area (Å²) in [5.74, 6) is -0.242. The van der Waals surface area contributed by atoms with Crippen LogP contribution in [0.3, 0.4) is 0 Å². The zero-order valence-electron chi connectivity index (χ0n) is 12.8. The number of anilines is 1. The highest BCUT2D eigenvalue weighted by Crippen LogP contribution is 2.26. The molecule has 0 bridgehead atoms. The average molecular weight is 331 g/mol. The fraction of sp³-hybridized carbons (Fsp3) is 0.667. The second-order valence-electron chi connectivity index (χ2n) is 5.71. The summed E-state index contributed by atoms with van der Waals surface area (Å²) >= 11 is 2.63. The third-order valence-electron chi connectivity index (χ3n) is 1.89. The SMILES string of the molecule is CC(C)NC(=O)NC(=O)CSc1nnc(NC(C)(C)C)s1. The molecule has 118 valence electrons. The molecule has 21 heavy (non-hydrogen) atoms. The topological polar surface area (TPSA) is 96.0 Å². The van der Waals surface area contributed by atoms with Gasteiger partial charge in [-0.15, -0.1) is 10.2 Å². The third kappa shape index (κ3) is 7.86. The molecular formula is C12H21N5O2S2. The van der Waals surface area contributed by atoms with Gasteiger partial charge >= 0.3 is 6.03 Å². The van der Waals surface area contributed by atoms with Crippen molar-refractivity contribution >= 4 is 40.2 Å². The molecule has 0 aliphatic rings. The predicted molar refractivity (Wildman–Crippen MR) is 85.8 cm³/mol. The number of aromatic nitrogens is 2. The first-order valence-corrected chi connectivity index (χ1v) is 8.31. The van der Waals surface area contributed by atoms with Crippen molar-refractivity contribution in [3.63, 3.8) is 0 Å². The van der Waals surface area contributed by atoms with Crippen LogP contribution in [0.1, 0.15) is 34.6 Å². The van der Waals surface area contributed by atoms with Crippen molar-refractivity contribution in [2.75, 3.05) is 11.1 Å². The number of nitrogens with one attached hydrogen (secondary N) is 3. The predicted octanol–water partition coefficient (Wildman–Crippen LogP) is 2.07. The van der Waals surface area contributed by atoms with Gasteiger partial charge in [-0.25, -0.2) is 4.79 Å². The summed E-state index contributed by atoms with van der Waals surface area (Å²) in [6, 6.07) is -0.498. The Morgan fingerprint density at radius 3 is 2.52 bits per heavy atom. The number of imide groups is 1. The fourth-order valence-corrected chi connectivity index (χ4v) is 2.99. The van der Waals surface area contributed by atoms with Crippen molar-refractivity contribution in [3.05, 3.63) is 0 Å². The van der Waals surface area contributed by atoms with Gasteiger partial charge < -0.3 is 10.6 Å². The number of nitrogens with zero attached hydrogens (tertiary/aromatic N) is 2. The van der Waals surface area contributed by atoms with Gasteiger partial charge in [0.15, 0.2) is 4.34 Å². The molecule has 3 N–H and O–H groups in total. The Kier molecular flexibility index (Phi) is 6.41. The minimum Gasteiger partial charge on any atom is -0.355 e. The van der Waals surface area contributed by atoms with E-state index in [0.29, 0.717) is 9.47 Å². The molecule has 1 rings (SSSR count). The first kappa shape index (κ1) is 17.7. The van der Waals surface area contributed by atoms with E-state index >= 15 is 0 Å². The standard InChI is InChI=1S/C12H21N5O2S2/c1-7(2)13-9(19)14-8(18)6-20-11-17-16-10(21-11)15-12(3,4)5/h7H,6H2,1-5H3,(H,15,16)(H2,13,14,18,19). The molecule has 9 heteroatoms. The number of rotatable bonds is 5. The monoisotopic (exact) mass is 331 g/mol. The summed E-state index contributed by atoms with van der Waals surface area (Å²) < 4.78 is 0.682. The summed E-state index contributed by atoms with van der Waals surface area (Å²) in [7, 11) is 0. The molecule has 0 aliphatic carbocycles. The second-order valence-corrected chi connectivity index (χ2v) is 7.91. The van der Waals surface area contributed by atoms with E-state index in [1.54, 1.807) is 0 Å². The minimum atomic E-state index is -0.483. The highest BCUT2D eigenvalue weighted by Gasteiger charge is 2.14. The van der Waals surface area contributed by atoms with Gasteiger partial charge in [-0.1, -0.05) is 23.1 Å². The van der Waals surface area contributed by atoms with Crippen LogP contribution in [0, 0.1) is 0 Å². The lowest BCUT2D eigenvalue weighted by molar-refractivity contribution is -0.117. The summed E-state index contributed by atoms with van der Waals surface area (Å²) in [4.78, 5) is 22.9. The Balaban J connectivity index is 2.38. The molecule has 0 aromatic carbocycles. The molecule has 7 nitrogen and oxygen atoms in total. The largest absolute Gasteiger partial charge is 0.355 e. The van der Waals surface area contributed by atoms with Gasteiger partial charge in [-0.05, 0) is 34.6 Å². The molecule has 0 unspecified atom stereocenters. The van der Waals surface area contributed by atoms with Gasteiger partial charge in [-0.2, -0.15) is 0 Å². The van der Waals surface area contributed by atoms with Crippen LogP contribution in [0.25, 0.3) is 0 Å². The highest BCUT2D eigenvalue weighted by atomic mass is 32.2. The molecule has 1 aromatic rings. The molecule has 0 spiro atoms. The number of hydrogen-bond acceptors (Lipinski definition) is 7.